The fraction of sp³-hybridized carbons (Fsp3) is 0.333. The predicted molar refractivity (Wildman–Crippen MR) is 59.1 cm³/mol. The van der Waals surface area contributed by atoms with Gasteiger partial charge in [0.25, 0.3) is 0 Å². The molecule has 0 aliphatic carbocycles. The number of anilines is 1. The number of aromatic nitrogens is 3. The third-order valence-electron chi connectivity index (χ3n) is 2.04. The van der Waals surface area contributed by atoms with Crippen LogP contribution in [0.4, 0.5) is 5.69 Å². The van der Waals surface area contributed by atoms with Gasteiger partial charge < -0.3 is 10.4 Å². The first-order valence-corrected chi connectivity index (χ1v) is 5.11. The van der Waals surface area contributed by atoms with Crippen molar-refractivity contribution in [3.8, 4) is 0 Å². The zero-order chi connectivity index (χ0) is 10.7. The molecule has 0 amide bonds. The lowest BCUT2D eigenvalue weighted by Crippen LogP contribution is -2.20. The SMILES string of the molecule is OC(CCl)CNc1ccc2n[nH]nc2c1. The molecule has 3 N–H and O–H groups in total. The molecule has 2 rings (SSSR count). The number of nitrogens with zero attached hydrogens (tertiary/aromatic N) is 2. The highest BCUT2D eigenvalue weighted by Gasteiger charge is 2.03. The van der Waals surface area contributed by atoms with Gasteiger partial charge in [-0.1, -0.05) is 0 Å². The van der Waals surface area contributed by atoms with Gasteiger partial charge >= 0.3 is 0 Å². The van der Waals surface area contributed by atoms with Crippen molar-refractivity contribution in [3.63, 3.8) is 0 Å². The first-order valence-electron chi connectivity index (χ1n) is 4.58. The number of alkyl halides is 1. The second-order valence-electron chi connectivity index (χ2n) is 3.22. The zero-order valence-electron chi connectivity index (χ0n) is 7.94. The predicted octanol–water partition coefficient (Wildman–Crippen LogP) is 0.969. The molecule has 0 fully saturated rings. The Morgan fingerprint density at radius 1 is 1.40 bits per heavy atom. The average Bonchev–Trinajstić information content (AvgIpc) is 2.72. The number of rotatable bonds is 4. The first kappa shape index (κ1) is 10.2. The summed E-state index contributed by atoms with van der Waals surface area (Å²) in [7, 11) is 0. The summed E-state index contributed by atoms with van der Waals surface area (Å²) in [5.41, 5.74) is 2.50. The number of hydrogen-bond donors (Lipinski definition) is 3. The zero-order valence-corrected chi connectivity index (χ0v) is 8.70. The molecule has 0 radical (unpaired) electrons. The van der Waals surface area contributed by atoms with Crippen molar-refractivity contribution in [2.75, 3.05) is 17.7 Å². The molecule has 1 unspecified atom stereocenters. The van der Waals surface area contributed by atoms with Crippen LogP contribution in [0.15, 0.2) is 18.2 Å². The molecule has 6 heteroatoms. The standard InChI is InChI=1S/C9H11ClN4O/c10-4-7(15)5-11-6-1-2-8-9(3-6)13-14-12-8/h1-3,7,11,15H,4-5H2,(H,12,13,14). The fourth-order valence-corrected chi connectivity index (χ4v) is 1.35. The summed E-state index contributed by atoms with van der Waals surface area (Å²) in [6, 6.07) is 5.60. The number of benzene rings is 1. The topological polar surface area (TPSA) is 73.8 Å². The van der Waals surface area contributed by atoms with Crippen LogP contribution in [-0.4, -0.2) is 39.0 Å². The van der Waals surface area contributed by atoms with Gasteiger partial charge in [0.15, 0.2) is 0 Å². The molecule has 5 nitrogen and oxygen atoms in total. The lowest BCUT2D eigenvalue weighted by Gasteiger charge is -2.09. The maximum atomic E-state index is 9.26. The van der Waals surface area contributed by atoms with Crippen LogP contribution in [0.25, 0.3) is 11.0 Å². The molecule has 15 heavy (non-hydrogen) atoms. The van der Waals surface area contributed by atoms with Crippen LogP contribution in [-0.2, 0) is 0 Å². The molecular formula is C9H11ClN4O. The van der Waals surface area contributed by atoms with E-state index in [9.17, 15) is 5.11 Å². The highest BCUT2D eigenvalue weighted by Crippen LogP contribution is 2.14. The van der Waals surface area contributed by atoms with Crippen molar-refractivity contribution < 1.29 is 5.11 Å². The fourth-order valence-electron chi connectivity index (χ4n) is 1.24. The third-order valence-corrected chi connectivity index (χ3v) is 2.39. The Kier molecular flexibility index (Phi) is 3.03. The minimum atomic E-state index is -0.542. The van der Waals surface area contributed by atoms with Gasteiger partial charge in [-0.15, -0.1) is 11.6 Å². The Morgan fingerprint density at radius 3 is 3.00 bits per heavy atom. The van der Waals surface area contributed by atoms with Crippen LogP contribution in [0.2, 0.25) is 0 Å². The number of H-pyrrole nitrogens is 1. The van der Waals surface area contributed by atoms with E-state index in [2.05, 4.69) is 20.7 Å². The Balaban J connectivity index is 2.08. The minimum absolute atomic E-state index is 0.221. The number of aromatic amines is 1. The minimum Gasteiger partial charge on any atom is -0.390 e. The molecule has 0 bridgehead atoms. The summed E-state index contributed by atoms with van der Waals surface area (Å²) in [6.07, 6.45) is -0.542. The Labute approximate surface area is 91.4 Å². The quantitative estimate of drug-likeness (QED) is 0.680. The Hall–Kier alpha value is -1.33. The summed E-state index contributed by atoms with van der Waals surface area (Å²) in [5.74, 6) is 0.221. The summed E-state index contributed by atoms with van der Waals surface area (Å²) in [6.45, 7) is 0.423. The van der Waals surface area contributed by atoms with Gasteiger partial charge in [-0.2, -0.15) is 15.4 Å². The van der Waals surface area contributed by atoms with Gasteiger partial charge in [0, 0.05) is 12.2 Å². The van der Waals surface area contributed by atoms with E-state index in [-0.39, 0.29) is 5.88 Å². The van der Waals surface area contributed by atoms with E-state index in [1.165, 1.54) is 0 Å². The molecule has 0 spiro atoms. The molecule has 1 heterocycles. The summed E-state index contributed by atoms with van der Waals surface area (Å²) >= 11 is 5.48. The average molecular weight is 227 g/mol. The van der Waals surface area contributed by atoms with E-state index in [0.717, 1.165) is 16.7 Å². The third kappa shape index (κ3) is 2.37. The Bertz CT molecular complexity index is 444. The monoisotopic (exact) mass is 226 g/mol. The van der Waals surface area contributed by atoms with Crippen LogP contribution in [0.5, 0.6) is 0 Å². The van der Waals surface area contributed by atoms with E-state index in [4.69, 9.17) is 11.6 Å². The van der Waals surface area contributed by atoms with Crippen molar-refractivity contribution in [1.82, 2.24) is 15.4 Å². The van der Waals surface area contributed by atoms with Crippen LogP contribution < -0.4 is 5.32 Å². The number of halogens is 1. The van der Waals surface area contributed by atoms with Gasteiger partial charge in [0.2, 0.25) is 0 Å². The highest BCUT2D eigenvalue weighted by molar-refractivity contribution is 6.18. The van der Waals surface area contributed by atoms with Crippen LogP contribution in [0, 0.1) is 0 Å². The van der Waals surface area contributed by atoms with Crippen LogP contribution >= 0.6 is 11.6 Å². The number of aliphatic hydroxyl groups is 1. The van der Waals surface area contributed by atoms with Gasteiger partial charge in [0.05, 0.1) is 12.0 Å². The molecule has 2 aromatic rings. The molecule has 0 aliphatic heterocycles. The summed E-state index contributed by atoms with van der Waals surface area (Å²) < 4.78 is 0. The van der Waals surface area contributed by atoms with E-state index < -0.39 is 6.10 Å². The normalized spacial score (nSPS) is 12.9. The van der Waals surface area contributed by atoms with Gasteiger partial charge in [-0.3, -0.25) is 0 Å². The maximum Gasteiger partial charge on any atom is 0.115 e. The lowest BCUT2D eigenvalue weighted by atomic mass is 10.2. The van der Waals surface area contributed by atoms with Crippen molar-refractivity contribution in [2.24, 2.45) is 0 Å². The van der Waals surface area contributed by atoms with E-state index in [0.29, 0.717) is 6.54 Å². The van der Waals surface area contributed by atoms with Crippen molar-refractivity contribution >= 4 is 28.3 Å². The van der Waals surface area contributed by atoms with E-state index >= 15 is 0 Å². The molecule has 1 aromatic heterocycles. The van der Waals surface area contributed by atoms with Gasteiger partial charge in [0.1, 0.15) is 11.0 Å². The van der Waals surface area contributed by atoms with E-state index in [1.54, 1.807) is 0 Å². The number of hydrogen-bond acceptors (Lipinski definition) is 4. The molecule has 0 saturated carbocycles. The van der Waals surface area contributed by atoms with Crippen molar-refractivity contribution in [1.29, 1.82) is 0 Å². The highest BCUT2D eigenvalue weighted by atomic mass is 35.5. The molecule has 80 valence electrons. The van der Waals surface area contributed by atoms with E-state index in [1.807, 2.05) is 18.2 Å². The maximum absolute atomic E-state index is 9.26. The first-order chi connectivity index (χ1) is 7.29. The van der Waals surface area contributed by atoms with Crippen molar-refractivity contribution in [3.05, 3.63) is 18.2 Å². The second-order valence-corrected chi connectivity index (χ2v) is 3.52. The van der Waals surface area contributed by atoms with Crippen LogP contribution in [0.3, 0.4) is 0 Å². The summed E-state index contributed by atoms with van der Waals surface area (Å²) in [5, 5.41) is 22.8. The van der Waals surface area contributed by atoms with Crippen molar-refractivity contribution in [2.45, 2.75) is 6.10 Å². The second kappa shape index (κ2) is 4.46. The molecule has 1 aromatic carbocycles. The Morgan fingerprint density at radius 2 is 2.20 bits per heavy atom. The number of aliphatic hydroxyl groups excluding tert-OH is 1. The molecule has 1 atom stereocenters. The van der Waals surface area contributed by atoms with Crippen LogP contribution in [0.1, 0.15) is 0 Å². The van der Waals surface area contributed by atoms with Gasteiger partial charge in [-0.05, 0) is 18.2 Å². The molecule has 0 aliphatic rings. The van der Waals surface area contributed by atoms with Gasteiger partial charge in [-0.25, -0.2) is 0 Å². The summed E-state index contributed by atoms with van der Waals surface area (Å²) in [4.78, 5) is 0. The largest absolute Gasteiger partial charge is 0.390 e. The lowest BCUT2D eigenvalue weighted by molar-refractivity contribution is 0.211. The number of nitrogens with one attached hydrogen (secondary N) is 2. The smallest absolute Gasteiger partial charge is 0.115 e. The number of fused-ring (bicyclic) bond motifs is 1. The molecular weight excluding hydrogens is 216 g/mol. The molecule has 0 saturated heterocycles.